The van der Waals surface area contributed by atoms with Crippen LogP contribution in [0.4, 0.5) is 0 Å². The number of guanidine groups is 1. The lowest BCUT2D eigenvalue weighted by molar-refractivity contribution is 0.354. The quantitative estimate of drug-likeness (QED) is 0.453. The smallest absolute Gasteiger partial charge is 0.191 e. The summed E-state index contributed by atoms with van der Waals surface area (Å²) in [6.45, 7) is 4.22. The Hall–Kier alpha value is -3.28. The van der Waals surface area contributed by atoms with E-state index in [1.165, 1.54) is 5.56 Å². The number of ether oxygens (including phenoxy) is 2. The fourth-order valence-corrected chi connectivity index (χ4v) is 3.16. The molecule has 1 aromatic heterocycles. The second kappa shape index (κ2) is 10.3. The summed E-state index contributed by atoms with van der Waals surface area (Å²) >= 11 is 0. The van der Waals surface area contributed by atoms with Crippen LogP contribution in [0.25, 0.3) is 10.9 Å². The number of fused-ring (bicyclic) bond motifs is 1. The Morgan fingerprint density at radius 3 is 2.62 bits per heavy atom. The van der Waals surface area contributed by atoms with E-state index in [1.54, 1.807) is 14.2 Å². The summed E-state index contributed by atoms with van der Waals surface area (Å²) in [6.07, 6.45) is 2.69. The molecule has 1 heterocycles. The van der Waals surface area contributed by atoms with Crippen molar-refractivity contribution >= 4 is 16.9 Å². The molecule has 0 saturated carbocycles. The number of para-hydroxylation sites is 1. The van der Waals surface area contributed by atoms with Gasteiger partial charge in [-0.05, 0) is 48.7 Å². The number of pyridine rings is 1. The molecule has 152 valence electrons. The third-order valence-electron chi connectivity index (χ3n) is 4.65. The highest BCUT2D eigenvalue weighted by Gasteiger charge is 2.05. The van der Waals surface area contributed by atoms with Crippen LogP contribution in [0.5, 0.6) is 11.5 Å². The van der Waals surface area contributed by atoms with E-state index in [9.17, 15) is 0 Å². The summed E-state index contributed by atoms with van der Waals surface area (Å²) in [6, 6.07) is 16.2. The van der Waals surface area contributed by atoms with E-state index in [0.29, 0.717) is 6.54 Å². The Morgan fingerprint density at radius 1 is 1.00 bits per heavy atom. The van der Waals surface area contributed by atoms with E-state index in [2.05, 4.69) is 34.7 Å². The highest BCUT2D eigenvalue weighted by Crippen LogP contribution is 2.27. The number of nitrogens with zero attached hydrogens (tertiary/aromatic N) is 2. The van der Waals surface area contributed by atoms with Crippen molar-refractivity contribution in [3.05, 3.63) is 65.9 Å². The van der Waals surface area contributed by atoms with Gasteiger partial charge in [0.15, 0.2) is 17.5 Å². The van der Waals surface area contributed by atoms with Gasteiger partial charge in [0, 0.05) is 24.7 Å². The van der Waals surface area contributed by atoms with Gasteiger partial charge in [0.25, 0.3) is 0 Å². The maximum absolute atomic E-state index is 5.38. The first-order valence-corrected chi connectivity index (χ1v) is 9.81. The molecule has 6 heteroatoms. The van der Waals surface area contributed by atoms with Gasteiger partial charge in [-0.2, -0.15) is 0 Å². The van der Waals surface area contributed by atoms with E-state index < -0.39 is 0 Å². The molecule has 2 aromatic carbocycles. The number of rotatable bonds is 8. The Labute approximate surface area is 172 Å². The zero-order valence-electron chi connectivity index (χ0n) is 17.2. The zero-order valence-corrected chi connectivity index (χ0v) is 17.2. The number of aromatic nitrogens is 1. The lowest BCUT2D eigenvalue weighted by Crippen LogP contribution is -2.38. The molecular weight excluding hydrogens is 364 g/mol. The molecule has 0 spiro atoms. The van der Waals surface area contributed by atoms with Gasteiger partial charge in [0.2, 0.25) is 0 Å². The van der Waals surface area contributed by atoms with Crippen molar-refractivity contribution in [1.29, 1.82) is 0 Å². The molecule has 0 aliphatic rings. The van der Waals surface area contributed by atoms with Gasteiger partial charge >= 0.3 is 0 Å². The molecule has 6 nitrogen and oxygen atoms in total. The van der Waals surface area contributed by atoms with Crippen molar-refractivity contribution in [3.8, 4) is 11.5 Å². The van der Waals surface area contributed by atoms with Gasteiger partial charge in [0.1, 0.15) is 0 Å². The largest absolute Gasteiger partial charge is 0.493 e. The molecule has 0 bridgehead atoms. The summed E-state index contributed by atoms with van der Waals surface area (Å²) in [5.41, 5.74) is 3.32. The average molecular weight is 393 g/mol. The summed E-state index contributed by atoms with van der Waals surface area (Å²) in [7, 11) is 3.29. The van der Waals surface area contributed by atoms with Gasteiger partial charge in [-0.1, -0.05) is 24.3 Å². The van der Waals surface area contributed by atoms with E-state index in [4.69, 9.17) is 14.5 Å². The van der Waals surface area contributed by atoms with Crippen LogP contribution in [-0.2, 0) is 13.0 Å². The van der Waals surface area contributed by atoms with Gasteiger partial charge in [-0.3, -0.25) is 4.98 Å². The lowest BCUT2D eigenvalue weighted by Gasteiger charge is -2.13. The summed E-state index contributed by atoms with van der Waals surface area (Å²) < 4.78 is 10.7. The Balaban J connectivity index is 1.64. The van der Waals surface area contributed by atoms with Crippen LogP contribution in [0.2, 0.25) is 0 Å². The number of benzene rings is 2. The predicted molar refractivity (Wildman–Crippen MR) is 118 cm³/mol. The first kappa shape index (κ1) is 20.5. The van der Waals surface area contributed by atoms with Crippen LogP contribution in [0.3, 0.4) is 0 Å². The van der Waals surface area contributed by atoms with Gasteiger partial charge in [0.05, 0.1) is 26.3 Å². The maximum Gasteiger partial charge on any atom is 0.191 e. The average Bonchev–Trinajstić information content (AvgIpc) is 2.77. The number of nitrogens with one attached hydrogen (secondary N) is 2. The molecule has 2 N–H and O–H groups in total. The summed E-state index contributed by atoms with van der Waals surface area (Å²) in [4.78, 5) is 9.16. The minimum atomic E-state index is 0.592. The van der Waals surface area contributed by atoms with Gasteiger partial charge in [-0.25, -0.2) is 4.99 Å². The second-order valence-corrected chi connectivity index (χ2v) is 6.55. The first-order chi connectivity index (χ1) is 14.2. The van der Waals surface area contributed by atoms with E-state index >= 15 is 0 Å². The van der Waals surface area contributed by atoms with Crippen molar-refractivity contribution in [2.24, 2.45) is 4.99 Å². The highest BCUT2D eigenvalue weighted by molar-refractivity contribution is 5.83. The third-order valence-corrected chi connectivity index (χ3v) is 4.65. The fraction of sp³-hybridized carbons (Fsp3) is 0.304. The van der Waals surface area contributed by atoms with Gasteiger partial charge in [-0.15, -0.1) is 0 Å². The van der Waals surface area contributed by atoms with Crippen molar-refractivity contribution in [2.45, 2.75) is 19.9 Å². The first-order valence-electron chi connectivity index (χ1n) is 9.81. The number of aliphatic imine (C=N–C) groups is 1. The lowest BCUT2D eigenvalue weighted by atomic mass is 10.1. The SMILES string of the molecule is CCNC(=NCc1ccnc2ccccc12)NCCc1ccc(OC)c(OC)c1. The number of methoxy groups -OCH3 is 2. The molecule has 0 unspecified atom stereocenters. The molecule has 0 fully saturated rings. The van der Waals surface area contributed by atoms with Crippen LogP contribution in [0.1, 0.15) is 18.1 Å². The van der Waals surface area contributed by atoms with Crippen molar-refractivity contribution in [2.75, 3.05) is 27.3 Å². The molecule has 29 heavy (non-hydrogen) atoms. The minimum Gasteiger partial charge on any atom is -0.493 e. The molecule has 0 radical (unpaired) electrons. The van der Waals surface area contributed by atoms with Crippen molar-refractivity contribution in [1.82, 2.24) is 15.6 Å². The Kier molecular flexibility index (Phi) is 7.28. The van der Waals surface area contributed by atoms with Crippen molar-refractivity contribution < 1.29 is 9.47 Å². The van der Waals surface area contributed by atoms with Crippen LogP contribution in [0, 0.1) is 0 Å². The number of hydrogen-bond donors (Lipinski definition) is 2. The molecule has 0 aliphatic heterocycles. The normalized spacial score (nSPS) is 11.3. The standard InChI is InChI=1S/C23H28N4O2/c1-4-24-23(26-13-11-17-9-10-21(28-2)22(15-17)29-3)27-16-18-12-14-25-20-8-6-5-7-19(18)20/h5-10,12,14-15H,4,11,13,16H2,1-3H3,(H2,24,26,27). The van der Waals surface area contributed by atoms with Crippen LogP contribution in [0.15, 0.2) is 59.7 Å². The van der Waals surface area contributed by atoms with Crippen LogP contribution >= 0.6 is 0 Å². The van der Waals surface area contributed by atoms with Crippen LogP contribution in [-0.4, -0.2) is 38.3 Å². The molecular formula is C23H28N4O2. The fourth-order valence-electron chi connectivity index (χ4n) is 3.16. The predicted octanol–water partition coefficient (Wildman–Crippen LogP) is 3.55. The summed E-state index contributed by atoms with van der Waals surface area (Å²) in [5, 5.41) is 7.85. The topological polar surface area (TPSA) is 67.8 Å². The Morgan fingerprint density at radius 2 is 1.83 bits per heavy atom. The number of hydrogen-bond acceptors (Lipinski definition) is 4. The monoisotopic (exact) mass is 392 g/mol. The highest BCUT2D eigenvalue weighted by atomic mass is 16.5. The minimum absolute atomic E-state index is 0.592. The zero-order chi connectivity index (χ0) is 20.5. The van der Waals surface area contributed by atoms with Gasteiger partial charge < -0.3 is 20.1 Å². The molecule has 0 saturated heterocycles. The second-order valence-electron chi connectivity index (χ2n) is 6.55. The molecule has 0 atom stereocenters. The van der Waals surface area contributed by atoms with E-state index in [-0.39, 0.29) is 0 Å². The molecule has 3 aromatic rings. The third kappa shape index (κ3) is 5.38. The summed E-state index contributed by atoms with van der Waals surface area (Å²) in [5.74, 6) is 2.28. The van der Waals surface area contributed by atoms with Crippen molar-refractivity contribution in [3.63, 3.8) is 0 Å². The van der Waals surface area contributed by atoms with E-state index in [0.717, 1.165) is 53.4 Å². The maximum atomic E-state index is 5.38. The Bertz CT molecular complexity index is 967. The molecule has 3 rings (SSSR count). The van der Waals surface area contributed by atoms with E-state index in [1.807, 2.05) is 42.6 Å². The molecule has 0 aliphatic carbocycles. The molecule has 0 amide bonds. The van der Waals surface area contributed by atoms with Crippen LogP contribution < -0.4 is 20.1 Å².